The quantitative estimate of drug-likeness (QED) is 0.551. The Morgan fingerprint density at radius 3 is 2.29 bits per heavy atom. The van der Waals surface area contributed by atoms with Crippen LogP contribution in [0.25, 0.3) is 11.1 Å². The topological polar surface area (TPSA) is 114 Å². The van der Waals surface area contributed by atoms with Crippen LogP contribution in [0, 0.1) is 11.8 Å². The number of fused-ring (bicyclic) bond motifs is 3. The maximum Gasteiger partial charge on any atom is 0.407 e. The summed E-state index contributed by atoms with van der Waals surface area (Å²) in [5, 5.41) is 14.6. The van der Waals surface area contributed by atoms with Crippen molar-refractivity contribution in [3.63, 3.8) is 0 Å². The number of aliphatic carboxylic acids is 1. The van der Waals surface area contributed by atoms with Crippen LogP contribution in [0.2, 0.25) is 0 Å². The molecule has 3 N–H and O–H groups in total. The lowest BCUT2D eigenvalue weighted by Gasteiger charge is -2.19. The number of benzene rings is 2. The van der Waals surface area contributed by atoms with E-state index in [4.69, 9.17) is 14.6 Å². The fraction of sp³-hybridized carbons (Fsp3) is 0.423. The first kappa shape index (κ1) is 23.8. The standard InChI is InChI=1S/C26H30N2O6/c1-15(25(30)31)16(2)28-24(29)17-11-18(33-13-17)12-27-26(32)34-14-23-21-9-5-3-7-19(21)20-8-4-6-10-22(20)23/h3-10,15-18,23H,11-14H2,1-2H3,(H,27,32)(H,28,29)(H,30,31). The molecule has 4 atom stereocenters. The first-order valence-electron chi connectivity index (χ1n) is 11.6. The van der Waals surface area contributed by atoms with Gasteiger partial charge in [0.25, 0.3) is 0 Å². The maximum atomic E-state index is 12.4. The predicted octanol–water partition coefficient (Wildman–Crippen LogP) is 3.16. The van der Waals surface area contributed by atoms with E-state index in [1.54, 1.807) is 13.8 Å². The Labute approximate surface area is 198 Å². The van der Waals surface area contributed by atoms with Gasteiger partial charge < -0.3 is 25.2 Å². The average Bonchev–Trinajstić information content (AvgIpc) is 3.44. The molecule has 8 heteroatoms. The molecule has 34 heavy (non-hydrogen) atoms. The van der Waals surface area contributed by atoms with Crippen molar-refractivity contribution in [2.24, 2.45) is 11.8 Å². The minimum Gasteiger partial charge on any atom is -0.481 e. The summed E-state index contributed by atoms with van der Waals surface area (Å²) in [6.07, 6.45) is -0.380. The van der Waals surface area contributed by atoms with Crippen molar-refractivity contribution in [3.8, 4) is 11.1 Å². The Bertz CT molecular complexity index is 1030. The van der Waals surface area contributed by atoms with Crippen molar-refractivity contribution in [2.45, 2.75) is 38.3 Å². The van der Waals surface area contributed by atoms with Crippen LogP contribution in [0.4, 0.5) is 4.79 Å². The number of alkyl carbamates (subject to hydrolysis) is 1. The third-order valence-corrected chi connectivity index (χ3v) is 6.78. The van der Waals surface area contributed by atoms with E-state index in [-0.39, 0.29) is 43.6 Å². The highest BCUT2D eigenvalue weighted by molar-refractivity contribution is 5.81. The highest BCUT2D eigenvalue weighted by Gasteiger charge is 2.33. The van der Waals surface area contributed by atoms with Crippen LogP contribution < -0.4 is 10.6 Å². The van der Waals surface area contributed by atoms with Gasteiger partial charge in [-0.2, -0.15) is 0 Å². The molecule has 0 saturated carbocycles. The van der Waals surface area contributed by atoms with Crippen molar-refractivity contribution in [2.75, 3.05) is 19.8 Å². The van der Waals surface area contributed by atoms with Crippen molar-refractivity contribution in [3.05, 3.63) is 59.7 Å². The average molecular weight is 467 g/mol. The van der Waals surface area contributed by atoms with Crippen molar-refractivity contribution < 1.29 is 29.0 Å². The van der Waals surface area contributed by atoms with Gasteiger partial charge in [-0.05, 0) is 42.5 Å². The first-order valence-corrected chi connectivity index (χ1v) is 11.6. The second-order valence-corrected chi connectivity index (χ2v) is 9.02. The normalized spacial score (nSPS) is 20.6. The van der Waals surface area contributed by atoms with Gasteiger partial charge in [0.05, 0.1) is 24.5 Å². The summed E-state index contributed by atoms with van der Waals surface area (Å²) in [4.78, 5) is 35.9. The fourth-order valence-electron chi connectivity index (χ4n) is 4.56. The number of carboxylic acids is 1. The van der Waals surface area contributed by atoms with E-state index in [9.17, 15) is 14.4 Å². The monoisotopic (exact) mass is 466 g/mol. The van der Waals surface area contributed by atoms with Gasteiger partial charge in [0, 0.05) is 18.5 Å². The molecule has 1 fully saturated rings. The molecule has 1 aliphatic heterocycles. The molecule has 1 aliphatic carbocycles. The molecule has 2 aromatic carbocycles. The smallest absolute Gasteiger partial charge is 0.407 e. The highest BCUT2D eigenvalue weighted by atomic mass is 16.5. The molecule has 0 aromatic heterocycles. The van der Waals surface area contributed by atoms with Gasteiger partial charge in [0.2, 0.25) is 5.91 Å². The number of hydrogen-bond acceptors (Lipinski definition) is 5. The first-order chi connectivity index (χ1) is 16.3. The van der Waals surface area contributed by atoms with Crippen LogP contribution in [0.1, 0.15) is 37.3 Å². The Hall–Kier alpha value is -3.39. The number of carbonyl (C=O) groups is 3. The highest BCUT2D eigenvalue weighted by Crippen LogP contribution is 2.44. The molecule has 0 bridgehead atoms. The van der Waals surface area contributed by atoms with Gasteiger partial charge in [-0.1, -0.05) is 48.5 Å². The van der Waals surface area contributed by atoms with Crippen LogP contribution in [0.5, 0.6) is 0 Å². The summed E-state index contributed by atoms with van der Waals surface area (Å²) in [5.41, 5.74) is 4.64. The zero-order valence-electron chi connectivity index (χ0n) is 19.3. The SMILES string of the molecule is CC(NC(=O)C1COC(CNC(=O)OCC2c3ccccc3-c3ccccc32)C1)C(C)C(=O)O. The van der Waals surface area contributed by atoms with E-state index < -0.39 is 24.0 Å². The molecule has 1 saturated heterocycles. The molecule has 180 valence electrons. The molecule has 8 nitrogen and oxygen atoms in total. The third-order valence-electron chi connectivity index (χ3n) is 6.78. The molecule has 0 spiro atoms. The predicted molar refractivity (Wildman–Crippen MR) is 125 cm³/mol. The lowest BCUT2D eigenvalue weighted by molar-refractivity contribution is -0.142. The summed E-state index contributed by atoms with van der Waals surface area (Å²) in [7, 11) is 0. The molecule has 1 heterocycles. The number of carbonyl (C=O) groups excluding carboxylic acids is 2. The van der Waals surface area contributed by atoms with Crippen LogP contribution in [0.15, 0.2) is 48.5 Å². The second kappa shape index (κ2) is 10.3. The van der Waals surface area contributed by atoms with Gasteiger partial charge in [0.1, 0.15) is 6.61 Å². The second-order valence-electron chi connectivity index (χ2n) is 9.02. The van der Waals surface area contributed by atoms with E-state index in [0.29, 0.717) is 6.42 Å². The number of nitrogens with one attached hydrogen (secondary N) is 2. The van der Waals surface area contributed by atoms with E-state index in [1.807, 2.05) is 24.3 Å². The third kappa shape index (κ3) is 5.07. The lowest BCUT2D eigenvalue weighted by Crippen LogP contribution is -2.43. The van der Waals surface area contributed by atoms with Gasteiger partial charge >= 0.3 is 12.1 Å². The van der Waals surface area contributed by atoms with Gasteiger partial charge in [0.15, 0.2) is 0 Å². The summed E-state index contributed by atoms with van der Waals surface area (Å²) in [5.74, 6) is -2.26. The van der Waals surface area contributed by atoms with Crippen LogP contribution in [0.3, 0.4) is 0 Å². The largest absolute Gasteiger partial charge is 0.481 e. The van der Waals surface area contributed by atoms with Gasteiger partial charge in [-0.15, -0.1) is 0 Å². The Balaban J connectivity index is 1.23. The molecule has 0 radical (unpaired) electrons. The van der Waals surface area contributed by atoms with E-state index in [0.717, 1.165) is 11.1 Å². The Morgan fingerprint density at radius 2 is 1.68 bits per heavy atom. The Morgan fingerprint density at radius 1 is 1.06 bits per heavy atom. The van der Waals surface area contributed by atoms with E-state index >= 15 is 0 Å². The van der Waals surface area contributed by atoms with E-state index in [1.165, 1.54) is 11.1 Å². The lowest BCUT2D eigenvalue weighted by atomic mass is 9.98. The number of rotatable bonds is 8. The van der Waals surface area contributed by atoms with Crippen LogP contribution >= 0.6 is 0 Å². The molecular weight excluding hydrogens is 436 g/mol. The molecule has 2 amide bonds. The minimum absolute atomic E-state index is 0.0101. The number of amides is 2. The van der Waals surface area contributed by atoms with Crippen molar-refractivity contribution >= 4 is 18.0 Å². The van der Waals surface area contributed by atoms with Gasteiger partial charge in [-0.3, -0.25) is 9.59 Å². The Kier molecular flexibility index (Phi) is 7.17. The summed E-state index contributed by atoms with van der Waals surface area (Å²) in [6.45, 7) is 3.93. The fourth-order valence-corrected chi connectivity index (χ4v) is 4.56. The molecule has 2 aromatic rings. The van der Waals surface area contributed by atoms with Crippen LogP contribution in [-0.4, -0.2) is 55.0 Å². The molecular formula is C26H30N2O6. The molecule has 2 aliphatic rings. The molecule has 4 unspecified atom stereocenters. The number of ether oxygens (including phenoxy) is 2. The number of carboxylic acid groups (broad SMARTS) is 1. The van der Waals surface area contributed by atoms with E-state index in [2.05, 4.69) is 34.9 Å². The van der Waals surface area contributed by atoms with Gasteiger partial charge in [-0.25, -0.2) is 4.79 Å². The summed E-state index contributed by atoms with van der Waals surface area (Å²) < 4.78 is 11.2. The zero-order chi connectivity index (χ0) is 24.2. The summed E-state index contributed by atoms with van der Waals surface area (Å²) in [6, 6.07) is 15.8. The number of hydrogen-bond donors (Lipinski definition) is 3. The zero-order valence-corrected chi connectivity index (χ0v) is 19.3. The minimum atomic E-state index is -0.958. The summed E-state index contributed by atoms with van der Waals surface area (Å²) >= 11 is 0. The van der Waals surface area contributed by atoms with Crippen LogP contribution in [-0.2, 0) is 19.1 Å². The van der Waals surface area contributed by atoms with Crippen molar-refractivity contribution in [1.82, 2.24) is 10.6 Å². The maximum absolute atomic E-state index is 12.4. The molecule has 4 rings (SSSR count). The van der Waals surface area contributed by atoms with Crippen molar-refractivity contribution in [1.29, 1.82) is 0 Å².